The van der Waals surface area contributed by atoms with Crippen molar-refractivity contribution in [1.82, 2.24) is 15.1 Å². The average Bonchev–Trinajstić information content (AvgIpc) is 3.39. The summed E-state index contributed by atoms with van der Waals surface area (Å²) in [5.41, 5.74) is 1.61. The highest BCUT2D eigenvalue weighted by atomic mass is 32.1. The minimum Gasteiger partial charge on any atom is -0.491 e. The molecule has 1 aliphatic heterocycles. The number of hydrogen-bond acceptors (Lipinski definition) is 6. The Labute approximate surface area is 168 Å². The van der Waals surface area contributed by atoms with Gasteiger partial charge in [0.2, 0.25) is 11.8 Å². The molecular weight excluding hydrogens is 374 g/mol. The van der Waals surface area contributed by atoms with Gasteiger partial charge in [-0.2, -0.15) is 11.3 Å². The second-order valence-corrected chi connectivity index (χ2v) is 8.02. The molecule has 0 saturated carbocycles. The fourth-order valence-corrected chi connectivity index (χ4v) is 4.03. The molecule has 0 N–H and O–H groups in total. The molecule has 0 spiro atoms. The zero-order chi connectivity index (χ0) is 19.5. The van der Waals surface area contributed by atoms with Crippen LogP contribution >= 0.6 is 11.3 Å². The number of ether oxygens (including phenoxy) is 1. The number of likely N-dealkylation sites (tertiary alicyclic amines) is 1. The van der Waals surface area contributed by atoms with Crippen LogP contribution in [0.25, 0.3) is 11.5 Å². The molecular formula is C21H23N3O3S. The van der Waals surface area contributed by atoms with Crippen LogP contribution in [0.4, 0.5) is 0 Å². The van der Waals surface area contributed by atoms with Crippen molar-refractivity contribution in [3.05, 3.63) is 52.5 Å². The van der Waals surface area contributed by atoms with Crippen LogP contribution in [-0.2, 0) is 0 Å². The molecule has 1 amide bonds. The summed E-state index contributed by atoms with van der Waals surface area (Å²) in [6, 6.07) is 9.31. The molecule has 1 saturated heterocycles. The molecule has 0 bridgehead atoms. The standard InChI is InChI=1S/C21H23N3O3S/c1-14(2)26-18-7-5-15(6-8-18)21(25)24-10-3-4-16(12-24)19-22-23-20(27-19)17-9-11-28-13-17/h5-9,11,13-14,16H,3-4,10,12H2,1-2H3/t16-/m0/s1. The van der Waals surface area contributed by atoms with Gasteiger partial charge in [-0.1, -0.05) is 0 Å². The summed E-state index contributed by atoms with van der Waals surface area (Å²) in [4.78, 5) is 14.8. The lowest BCUT2D eigenvalue weighted by atomic mass is 9.97. The summed E-state index contributed by atoms with van der Waals surface area (Å²) >= 11 is 1.60. The van der Waals surface area contributed by atoms with Gasteiger partial charge in [-0.3, -0.25) is 4.79 Å². The first-order valence-corrected chi connectivity index (χ1v) is 10.5. The quantitative estimate of drug-likeness (QED) is 0.629. The van der Waals surface area contributed by atoms with E-state index in [9.17, 15) is 4.79 Å². The Morgan fingerprint density at radius 3 is 2.79 bits per heavy atom. The predicted molar refractivity (Wildman–Crippen MR) is 108 cm³/mol. The number of amides is 1. The first kappa shape index (κ1) is 18.7. The molecule has 1 aromatic carbocycles. The monoisotopic (exact) mass is 397 g/mol. The minimum atomic E-state index is 0.0263. The van der Waals surface area contributed by atoms with E-state index in [1.54, 1.807) is 11.3 Å². The van der Waals surface area contributed by atoms with Gasteiger partial charge in [0, 0.05) is 29.6 Å². The van der Waals surface area contributed by atoms with Crippen molar-refractivity contribution >= 4 is 17.2 Å². The Bertz CT molecular complexity index is 919. The summed E-state index contributed by atoms with van der Waals surface area (Å²) in [5.74, 6) is 2.02. The van der Waals surface area contributed by atoms with Crippen LogP contribution < -0.4 is 4.74 Å². The van der Waals surface area contributed by atoms with E-state index in [1.807, 2.05) is 59.8 Å². The van der Waals surface area contributed by atoms with E-state index in [1.165, 1.54) is 0 Å². The number of piperidine rings is 1. The third-order valence-electron chi connectivity index (χ3n) is 4.74. The summed E-state index contributed by atoms with van der Waals surface area (Å²) < 4.78 is 11.5. The molecule has 6 nitrogen and oxygen atoms in total. The van der Waals surface area contributed by atoms with Crippen LogP contribution in [0.2, 0.25) is 0 Å². The molecule has 0 radical (unpaired) electrons. The lowest BCUT2D eigenvalue weighted by Gasteiger charge is -2.31. The number of hydrogen-bond donors (Lipinski definition) is 0. The highest BCUT2D eigenvalue weighted by Crippen LogP contribution is 2.30. The van der Waals surface area contributed by atoms with Crippen LogP contribution in [0.3, 0.4) is 0 Å². The molecule has 3 heterocycles. The minimum absolute atomic E-state index is 0.0263. The van der Waals surface area contributed by atoms with Crippen molar-refractivity contribution in [2.75, 3.05) is 13.1 Å². The van der Waals surface area contributed by atoms with E-state index in [0.29, 0.717) is 23.9 Å². The van der Waals surface area contributed by atoms with Gasteiger partial charge in [0.25, 0.3) is 5.91 Å². The van der Waals surface area contributed by atoms with Crippen LogP contribution in [0.15, 0.2) is 45.5 Å². The first-order chi connectivity index (χ1) is 13.6. The molecule has 0 unspecified atom stereocenters. The Kier molecular flexibility index (Phi) is 5.43. The fraction of sp³-hybridized carbons (Fsp3) is 0.381. The fourth-order valence-electron chi connectivity index (χ4n) is 3.40. The smallest absolute Gasteiger partial charge is 0.253 e. The Morgan fingerprint density at radius 1 is 1.25 bits per heavy atom. The number of carbonyl (C=O) groups excluding carboxylic acids is 1. The molecule has 1 fully saturated rings. The number of thiophene rings is 1. The molecule has 2 aromatic heterocycles. The van der Waals surface area contributed by atoms with Crippen molar-refractivity contribution in [2.24, 2.45) is 0 Å². The lowest BCUT2D eigenvalue weighted by molar-refractivity contribution is 0.0698. The zero-order valence-electron chi connectivity index (χ0n) is 16.0. The van der Waals surface area contributed by atoms with E-state index >= 15 is 0 Å². The third kappa shape index (κ3) is 4.09. The maximum Gasteiger partial charge on any atom is 0.253 e. The van der Waals surface area contributed by atoms with Gasteiger partial charge in [0.05, 0.1) is 12.0 Å². The molecule has 146 valence electrons. The number of nitrogens with zero attached hydrogens (tertiary/aromatic N) is 3. The molecule has 1 aliphatic rings. The van der Waals surface area contributed by atoms with E-state index in [-0.39, 0.29) is 17.9 Å². The Morgan fingerprint density at radius 2 is 2.07 bits per heavy atom. The van der Waals surface area contributed by atoms with E-state index < -0.39 is 0 Å². The molecule has 0 aliphatic carbocycles. The van der Waals surface area contributed by atoms with Gasteiger partial charge in [0.15, 0.2) is 0 Å². The van der Waals surface area contributed by atoms with E-state index in [0.717, 1.165) is 30.7 Å². The normalized spacial score (nSPS) is 17.1. The SMILES string of the molecule is CC(C)Oc1ccc(C(=O)N2CCC[C@H](c3nnc(-c4ccsc4)o3)C2)cc1. The highest BCUT2D eigenvalue weighted by Gasteiger charge is 2.29. The van der Waals surface area contributed by atoms with Crippen molar-refractivity contribution in [3.8, 4) is 17.2 Å². The van der Waals surface area contributed by atoms with E-state index in [2.05, 4.69) is 10.2 Å². The van der Waals surface area contributed by atoms with E-state index in [4.69, 9.17) is 9.15 Å². The second-order valence-electron chi connectivity index (χ2n) is 7.24. The average molecular weight is 398 g/mol. The molecule has 3 aromatic rings. The van der Waals surface area contributed by atoms with Gasteiger partial charge in [0.1, 0.15) is 5.75 Å². The van der Waals surface area contributed by atoms with Crippen LogP contribution in [-0.4, -0.2) is 40.2 Å². The summed E-state index contributed by atoms with van der Waals surface area (Å²) in [5, 5.41) is 12.4. The maximum atomic E-state index is 12.9. The van der Waals surface area contributed by atoms with Crippen LogP contribution in [0.5, 0.6) is 5.75 Å². The van der Waals surface area contributed by atoms with Crippen LogP contribution in [0, 0.1) is 0 Å². The number of benzene rings is 1. The zero-order valence-corrected chi connectivity index (χ0v) is 16.8. The predicted octanol–water partition coefficient (Wildman–Crippen LogP) is 4.61. The lowest BCUT2D eigenvalue weighted by Crippen LogP contribution is -2.39. The summed E-state index contributed by atoms with van der Waals surface area (Å²) in [6.07, 6.45) is 1.97. The Hall–Kier alpha value is -2.67. The van der Waals surface area contributed by atoms with Crippen molar-refractivity contribution < 1.29 is 13.9 Å². The molecule has 4 rings (SSSR count). The molecule has 28 heavy (non-hydrogen) atoms. The summed E-state index contributed by atoms with van der Waals surface area (Å²) in [7, 11) is 0. The largest absolute Gasteiger partial charge is 0.491 e. The van der Waals surface area contributed by atoms with Crippen molar-refractivity contribution in [1.29, 1.82) is 0 Å². The van der Waals surface area contributed by atoms with Crippen molar-refractivity contribution in [3.63, 3.8) is 0 Å². The van der Waals surface area contributed by atoms with Gasteiger partial charge < -0.3 is 14.1 Å². The topological polar surface area (TPSA) is 68.5 Å². The number of carbonyl (C=O) groups is 1. The van der Waals surface area contributed by atoms with Gasteiger partial charge in [-0.25, -0.2) is 0 Å². The number of rotatable bonds is 5. The molecule has 1 atom stereocenters. The van der Waals surface area contributed by atoms with Crippen LogP contribution in [0.1, 0.15) is 48.9 Å². The third-order valence-corrected chi connectivity index (χ3v) is 5.42. The van der Waals surface area contributed by atoms with Gasteiger partial charge >= 0.3 is 0 Å². The summed E-state index contributed by atoms with van der Waals surface area (Å²) in [6.45, 7) is 5.29. The second kappa shape index (κ2) is 8.14. The number of aromatic nitrogens is 2. The van der Waals surface area contributed by atoms with Gasteiger partial charge in [-0.05, 0) is 62.4 Å². The van der Waals surface area contributed by atoms with Gasteiger partial charge in [-0.15, -0.1) is 10.2 Å². The highest BCUT2D eigenvalue weighted by molar-refractivity contribution is 7.08. The first-order valence-electron chi connectivity index (χ1n) is 9.52. The maximum absolute atomic E-state index is 12.9. The molecule has 7 heteroatoms. The Balaban J connectivity index is 1.44. The van der Waals surface area contributed by atoms with Crippen molar-refractivity contribution in [2.45, 2.75) is 38.7 Å².